The molecule has 20 heavy (non-hydrogen) atoms. The monoisotopic (exact) mass is 276 g/mol. The number of hydrogen-bond acceptors (Lipinski definition) is 3. The van der Waals surface area contributed by atoms with Crippen LogP contribution in [0.25, 0.3) is 0 Å². The number of carbonyl (C=O) groups excluding carboxylic acids is 1. The summed E-state index contributed by atoms with van der Waals surface area (Å²) in [6.07, 6.45) is 5.88. The lowest BCUT2D eigenvalue weighted by Gasteiger charge is -2.36. The quantitative estimate of drug-likeness (QED) is 0.906. The molecule has 1 N–H and O–H groups in total. The maximum absolute atomic E-state index is 12.8. The van der Waals surface area contributed by atoms with Crippen LogP contribution in [-0.2, 0) is 11.8 Å². The van der Waals surface area contributed by atoms with Crippen LogP contribution in [0, 0.1) is 11.3 Å². The normalized spacial score (nSPS) is 33.2. The van der Waals surface area contributed by atoms with Crippen LogP contribution >= 0.6 is 0 Å². The van der Waals surface area contributed by atoms with Crippen molar-refractivity contribution in [1.29, 1.82) is 0 Å². The van der Waals surface area contributed by atoms with Gasteiger partial charge in [-0.25, -0.2) is 4.98 Å². The Morgan fingerprint density at radius 3 is 3.00 bits per heavy atom. The Labute approximate surface area is 120 Å². The van der Waals surface area contributed by atoms with Crippen LogP contribution in [-0.4, -0.2) is 40.0 Å². The number of rotatable bonds is 3. The molecule has 2 heterocycles. The van der Waals surface area contributed by atoms with E-state index in [0.717, 1.165) is 38.3 Å². The van der Waals surface area contributed by atoms with Crippen molar-refractivity contribution in [3.05, 3.63) is 18.2 Å². The fourth-order valence-corrected chi connectivity index (χ4v) is 3.28. The Kier molecular flexibility index (Phi) is 3.32. The van der Waals surface area contributed by atoms with Crippen molar-refractivity contribution >= 4 is 5.91 Å². The highest BCUT2D eigenvalue weighted by Crippen LogP contribution is 2.55. The molecule has 1 saturated heterocycles. The Morgan fingerprint density at radius 1 is 1.60 bits per heavy atom. The van der Waals surface area contributed by atoms with Crippen LogP contribution in [0.4, 0.5) is 0 Å². The van der Waals surface area contributed by atoms with Crippen molar-refractivity contribution in [3.8, 4) is 0 Å². The van der Waals surface area contributed by atoms with Crippen LogP contribution in [0.1, 0.15) is 38.6 Å². The predicted octanol–water partition coefficient (Wildman–Crippen LogP) is 1.33. The summed E-state index contributed by atoms with van der Waals surface area (Å²) in [5.74, 6) is 1.52. The van der Waals surface area contributed by atoms with Crippen molar-refractivity contribution in [2.45, 2.75) is 32.7 Å². The van der Waals surface area contributed by atoms with Crippen LogP contribution in [0.2, 0.25) is 0 Å². The van der Waals surface area contributed by atoms with Gasteiger partial charge in [0.15, 0.2) is 0 Å². The summed E-state index contributed by atoms with van der Waals surface area (Å²) >= 11 is 0. The second-order valence-corrected chi connectivity index (χ2v) is 6.41. The molecule has 3 rings (SSSR count). The number of hydrogen-bond donors (Lipinski definition) is 1. The molecule has 2 fully saturated rings. The highest BCUT2D eigenvalue weighted by molar-refractivity contribution is 5.83. The molecule has 1 aromatic rings. The van der Waals surface area contributed by atoms with Gasteiger partial charge in [-0.3, -0.25) is 4.79 Å². The zero-order valence-electron chi connectivity index (χ0n) is 12.6. The Bertz CT molecular complexity index is 512. The number of aromatic nitrogens is 2. The summed E-state index contributed by atoms with van der Waals surface area (Å²) in [6.45, 7) is 6.87. The van der Waals surface area contributed by atoms with E-state index in [0.29, 0.717) is 5.91 Å². The van der Waals surface area contributed by atoms with Gasteiger partial charge in [0.05, 0.1) is 0 Å². The van der Waals surface area contributed by atoms with Gasteiger partial charge in [-0.05, 0) is 18.3 Å². The highest BCUT2D eigenvalue weighted by atomic mass is 16.2. The van der Waals surface area contributed by atoms with Gasteiger partial charge >= 0.3 is 0 Å². The van der Waals surface area contributed by atoms with Gasteiger partial charge in [-0.2, -0.15) is 0 Å². The molecule has 3 unspecified atom stereocenters. The van der Waals surface area contributed by atoms with Gasteiger partial charge < -0.3 is 14.8 Å². The number of nitrogens with zero attached hydrogens (tertiary/aromatic N) is 3. The Balaban J connectivity index is 1.80. The molecule has 0 bridgehead atoms. The van der Waals surface area contributed by atoms with Gasteiger partial charge in [0.2, 0.25) is 5.91 Å². The van der Waals surface area contributed by atoms with Gasteiger partial charge in [0.25, 0.3) is 0 Å². The average Bonchev–Trinajstić information content (AvgIpc) is 2.97. The molecule has 0 radical (unpaired) electrons. The summed E-state index contributed by atoms with van der Waals surface area (Å²) < 4.78 is 2.02. The molecule has 1 amide bonds. The minimum atomic E-state index is 0.0676. The molecule has 1 saturated carbocycles. The Hall–Kier alpha value is -1.36. The largest absolute Gasteiger partial charge is 0.336 e. The van der Waals surface area contributed by atoms with Crippen molar-refractivity contribution in [2.24, 2.45) is 18.4 Å². The van der Waals surface area contributed by atoms with E-state index in [4.69, 9.17) is 0 Å². The number of aryl methyl sites for hydroxylation is 1. The third-order valence-corrected chi connectivity index (χ3v) is 5.14. The summed E-state index contributed by atoms with van der Waals surface area (Å²) in [7, 11) is 1.99. The summed E-state index contributed by atoms with van der Waals surface area (Å²) in [5.41, 5.74) is 0.230. The molecule has 1 aromatic heterocycles. The molecule has 3 atom stereocenters. The minimum absolute atomic E-state index is 0.0676. The van der Waals surface area contributed by atoms with E-state index in [-0.39, 0.29) is 17.4 Å². The molecule has 110 valence electrons. The van der Waals surface area contributed by atoms with Gasteiger partial charge in [0.1, 0.15) is 11.9 Å². The summed E-state index contributed by atoms with van der Waals surface area (Å²) in [5, 5.41) is 3.38. The maximum atomic E-state index is 12.8. The lowest BCUT2D eigenvalue weighted by molar-refractivity contribution is -0.137. The van der Waals surface area contributed by atoms with Crippen LogP contribution in [0.3, 0.4) is 0 Å². The van der Waals surface area contributed by atoms with E-state index in [9.17, 15) is 4.79 Å². The van der Waals surface area contributed by atoms with Gasteiger partial charge in [-0.15, -0.1) is 0 Å². The lowest BCUT2D eigenvalue weighted by atomic mass is 10.0. The topological polar surface area (TPSA) is 50.2 Å². The molecule has 1 aliphatic heterocycles. The Morgan fingerprint density at radius 2 is 2.40 bits per heavy atom. The minimum Gasteiger partial charge on any atom is -0.336 e. The summed E-state index contributed by atoms with van der Waals surface area (Å²) in [4.78, 5) is 19.3. The van der Waals surface area contributed by atoms with Crippen molar-refractivity contribution in [1.82, 2.24) is 19.8 Å². The first-order valence-corrected chi connectivity index (χ1v) is 7.55. The first-order valence-electron chi connectivity index (χ1n) is 7.55. The first kappa shape index (κ1) is 13.6. The summed E-state index contributed by atoms with van der Waals surface area (Å²) in [6, 6.07) is 0.0676. The molecule has 5 heteroatoms. The second-order valence-electron chi connectivity index (χ2n) is 6.41. The van der Waals surface area contributed by atoms with Crippen molar-refractivity contribution in [2.75, 3.05) is 19.6 Å². The van der Waals surface area contributed by atoms with E-state index in [1.807, 2.05) is 22.7 Å². The molecule has 5 nitrogen and oxygen atoms in total. The smallest absolute Gasteiger partial charge is 0.226 e. The molecule has 0 spiro atoms. The predicted molar refractivity (Wildman–Crippen MR) is 77.0 cm³/mol. The molecular formula is C15H24N4O. The number of imidazole rings is 1. The first-order chi connectivity index (χ1) is 9.57. The average molecular weight is 276 g/mol. The SMILES string of the molecule is CCC1(C)CC1C(=O)N1CCNCC1c1nccn1C. The highest BCUT2D eigenvalue weighted by Gasteiger charge is 2.55. The zero-order valence-corrected chi connectivity index (χ0v) is 12.6. The lowest BCUT2D eigenvalue weighted by Crippen LogP contribution is -2.50. The molecular weight excluding hydrogens is 252 g/mol. The van der Waals surface area contributed by atoms with Gasteiger partial charge in [-0.1, -0.05) is 13.8 Å². The van der Waals surface area contributed by atoms with Crippen LogP contribution in [0.5, 0.6) is 0 Å². The zero-order chi connectivity index (χ0) is 14.3. The number of piperazine rings is 1. The van der Waals surface area contributed by atoms with Crippen LogP contribution in [0.15, 0.2) is 12.4 Å². The van der Waals surface area contributed by atoms with E-state index >= 15 is 0 Å². The molecule has 1 aliphatic carbocycles. The van der Waals surface area contributed by atoms with E-state index < -0.39 is 0 Å². The fraction of sp³-hybridized carbons (Fsp3) is 0.733. The molecule has 2 aliphatic rings. The maximum Gasteiger partial charge on any atom is 0.226 e. The van der Waals surface area contributed by atoms with Crippen LogP contribution < -0.4 is 5.32 Å². The van der Waals surface area contributed by atoms with Crippen molar-refractivity contribution in [3.63, 3.8) is 0 Å². The number of amides is 1. The van der Waals surface area contributed by atoms with E-state index in [1.165, 1.54) is 0 Å². The number of carbonyl (C=O) groups is 1. The van der Waals surface area contributed by atoms with Crippen molar-refractivity contribution < 1.29 is 4.79 Å². The van der Waals surface area contributed by atoms with E-state index in [1.54, 1.807) is 6.20 Å². The third-order valence-electron chi connectivity index (χ3n) is 5.14. The molecule has 0 aromatic carbocycles. The van der Waals surface area contributed by atoms with Gasteiger partial charge in [0, 0.05) is 45.0 Å². The number of nitrogens with one attached hydrogen (secondary N) is 1. The van der Waals surface area contributed by atoms with E-state index in [2.05, 4.69) is 24.1 Å². The third kappa shape index (κ3) is 2.14. The standard InChI is InChI=1S/C15H24N4O/c1-4-15(2)9-11(15)14(20)19-8-5-16-10-12(19)13-17-6-7-18(13)3/h6-7,11-12,16H,4-5,8-10H2,1-3H3. The second kappa shape index (κ2) is 4.88. The fourth-order valence-electron chi connectivity index (χ4n) is 3.28.